The van der Waals surface area contributed by atoms with E-state index in [2.05, 4.69) is 52.2 Å². The van der Waals surface area contributed by atoms with E-state index in [4.69, 9.17) is 11.5 Å². The second-order valence-corrected chi connectivity index (χ2v) is 19.6. The lowest BCUT2D eigenvalue weighted by molar-refractivity contribution is -0.145. The summed E-state index contributed by atoms with van der Waals surface area (Å²) < 4.78 is 0. The summed E-state index contributed by atoms with van der Waals surface area (Å²) in [4.78, 5) is 124. The van der Waals surface area contributed by atoms with Crippen molar-refractivity contribution in [3.05, 3.63) is 120 Å². The Labute approximate surface area is 447 Å². The zero-order valence-electron chi connectivity index (χ0n) is 44.0. The molecule has 1 saturated heterocycles. The van der Waals surface area contributed by atoms with Gasteiger partial charge >= 0.3 is 5.97 Å². The van der Waals surface area contributed by atoms with Gasteiger partial charge in [-0.05, 0) is 73.4 Å². The molecule has 3 aromatic carbocycles. The fourth-order valence-corrected chi connectivity index (χ4v) is 9.11. The zero-order chi connectivity index (χ0) is 56.2. The predicted octanol–water partition coefficient (Wildman–Crippen LogP) is 0.302. The van der Waals surface area contributed by atoms with Crippen molar-refractivity contribution in [2.24, 2.45) is 28.3 Å². The highest BCUT2D eigenvalue weighted by Gasteiger charge is 2.42. The summed E-state index contributed by atoms with van der Waals surface area (Å²) in [5, 5.41) is 39.8. The van der Waals surface area contributed by atoms with Gasteiger partial charge in [-0.3, -0.25) is 38.6 Å². The quantitative estimate of drug-likeness (QED) is 0.0207. The Morgan fingerprint density at radius 2 is 1.29 bits per heavy atom. The number of amides is 7. The number of aromatic hydroxyl groups is 1. The van der Waals surface area contributed by atoms with Gasteiger partial charge in [-0.2, -0.15) is 0 Å². The number of carboxylic acid groups (broad SMARTS) is 1. The molecular formula is C54H73N13O10. The van der Waals surface area contributed by atoms with Crippen molar-refractivity contribution < 1.29 is 48.6 Å². The topological polar surface area (TPSA) is 358 Å². The number of imidazole rings is 1. The number of hydrogen-bond acceptors (Lipinski definition) is 12. The number of guanidine groups is 1. The van der Waals surface area contributed by atoms with E-state index in [1.54, 1.807) is 108 Å². The molecule has 2 heterocycles. The Balaban J connectivity index is 1.37. The molecule has 23 heteroatoms. The van der Waals surface area contributed by atoms with Crippen LogP contribution >= 0.6 is 0 Å². The number of phenolic OH excluding ortho intramolecular Hbond substituents is 1. The number of carbonyl (C=O) groups excluding carboxylic acids is 7. The number of aromatic amines is 1. The van der Waals surface area contributed by atoms with E-state index in [0.29, 0.717) is 35.2 Å². The van der Waals surface area contributed by atoms with Crippen LogP contribution in [0.15, 0.2) is 102 Å². The molecule has 5 rings (SSSR count). The molecule has 77 heavy (non-hydrogen) atoms. The summed E-state index contributed by atoms with van der Waals surface area (Å²) in [5.74, 6) is -8.16. The van der Waals surface area contributed by atoms with Gasteiger partial charge in [0.1, 0.15) is 48.0 Å². The van der Waals surface area contributed by atoms with Crippen LogP contribution in [0.1, 0.15) is 81.7 Å². The molecule has 14 N–H and O–H groups in total. The van der Waals surface area contributed by atoms with Gasteiger partial charge in [-0.25, -0.2) is 9.78 Å². The molecule has 23 nitrogen and oxygen atoms in total. The number of likely N-dealkylation sites (N-methyl/N-ethyl adjacent to an activating group) is 1. The van der Waals surface area contributed by atoms with E-state index < -0.39 is 107 Å². The Hall–Kier alpha value is -8.34. The number of carbonyl (C=O) groups is 8. The summed E-state index contributed by atoms with van der Waals surface area (Å²) in [6.45, 7) is 6.93. The van der Waals surface area contributed by atoms with Crippen molar-refractivity contribution in [1.82, 2.24) is 52.1 Å². The van der Waals surface area contributed by atoms with Crippen LogP contribution in [0.2, 0.25) is 0 Å². The average Bonchev–Trinajstić information content (AvgIpc) is 4.12. The van der Waals surface area contributed by atoms with Crippen LogP contribution in [-0.2, 0) is 51.2 Å². The second kappa shape index (κ2) is 29.1. The van der Waals surface area contributed by atoms with Gasteiger partial charge in [0.15, 0.2) is 5.96 Å². The van der Waals surface area contributed by atoms with Gasteiger partial charge in [-0.1, -0.05) is 100 Å². The number of carboxylic acids is 1. The van der Waals surface area contributed by atoms with Crippen molar-refractivity contribution >= 4 is 53.3 Å². The number of nitrogens with one attached hydrogen (secondary N) is 8. The predicted molar refractivity (Wildman–Crippen MR) is 286 cm³/mol. The van der Waals surface area contributed by atoms with Crippen molar-refractivity contribution in [2.45, 2.75) is 114 Å². The number of hydrogen-bond donors (Lipinski definition) is 12. The van der Waals surface area contributed by atoms with E-state index in [1.165, 1.54) is 29.6 Å². The van der Waals surface area contributed by atoms with Crippen LogP contribution in [0, 0.1) is 11.8 Å². The summed E-state index contributed by atoms with van der Waals surface area (Å²) in [7, 11) is 1.57. The third-order valence-corrected chi connectivity index (χ3v) is 13.1. The lowest BCUT2D eigenvalue weighted by atomic mass is 9.84. The fourth-order valence-electron chi connectivity index (χ4n) is 9.11. The molecule has 4 aromatic rings. The van der Waals surface area contributed by atoms with Gasteiger partial charge in [0.25, 0.3) is 0 Å². The van der Waals surface area contributed by atoms with Gasteiger partial charge in [0.05, 0.1) is 12.9 Å². The third kappa shape index (κ3) is 17.6. The molecule has 0 aliphatic carbocycles. The first-order chi connectivity index (χ1) is 36.8. The number of rotatable bonds is 28. The molecule has 0 bridgehead atoms. The number of aliphatic imine (C=N–C) groups is 1. The lowest BCUT2D eigenvalue weighted by Crippen LogP contribution is -2.62. The number of phenols is 1. The molecule has 1 fully saturated rings. The highest BCUT2D eigenvalue weighted by atomic mass is 16.4. The molecule has 0 saturated carbocycles. The van der Waals surface area contributed by atoms with Crippen molar-refractivity contribution in [2.75, 3.05) is 26.7 Å². The zero-order valence-corrected chi connectivity index (χ0v) is 44.0. The van der Waals surface area contributed by atoms with Crippen LogP contribution in [0.5, 0.6) is 5.75 Å². The number of aliphatic carboxylic acids is 1. The van der Waals surface area contributed by atoms with Crippen molar-refractivity contribution in [1.29, 1.82) is 0 Å². The number of H-pyrrole nitrogens is 1. The first kappa shape index (κ1) is 59.5. The van der Waals surface area contributed by atoms with E-state index in [-0.39, 0.29) is 57.0 Å². The highest BCUT2D eigenvalue weighted by molar-refractivity contribution is 5.98. The largest absolute Gasteiger partial charge is 0.508 e. The van der Waals surface area contributed by atoms with Gasteiger partial charge < -0.3 is 68.8 Å². The Morgan fingerprint density at radius 1 is 0.714 bits per heavy atom. The van der Waals surface area contributed by atoms with Gasteiger partial charge in [0.2, 0.25) is 41.4 Å². The standard InChI is InChI=1S/C54H73N13O10/c1-31(2)44(64-47(70)38(61-42(69)29-57-5)18-12-24-59-54(55)56)50(73)62-39(26-33-20-22-37(68)23-21-33)48(71)65-45(32(3)4)51(74)63-40(27-36-28-58-30-60-36)52(75)67-25-13-19-41(67)49(72)66-46(53(76)77)43(34-14-8-6-9-15-34)35-16-10-7-11-17-35/h6-11,14-17,20-23,28,30-32,38-41,43-46,57,68H,12-13,18-19,24-27,29H2,1-5H3,(H,58,60)(H,61,69)(H,62,73)(H,63,74)(H,64,70)(H,65,71)(H,66,72)(H,76,77)(H4,55,56,59)/t38-,39-,40-,41+,44-,45-,46-/m0/s1. The van der Waals surface area contributed by atoms with Gasteiger partial charge in [0, 0.05) is 43.7 Å². The van der Waals surface area contributed by atoms with Crippen LogP contribution < -0.4 is 48.7 Å². The number of nitrogens with two attached hydrogens (primary N) is 2. The first-order valence-corrected chi connectivity index (χ1v) is 25.7. The lowest BCUT2D eigenvalue weighted by Gasteiger charge is -2.32. The van der Waals surface area contributed by atoms with Crippen molar-refractivity contribution in [3.8, 4) is 5.75 Å². The highest BCUT2D eigenvalue weighted by Crippen LogP contribution is 2.29. The fraction of sp³-hybridized carbons (Fsp3) is 0.444. The molecule has 414 valence electrons. The number of benzene rings is 3. The van der Waals surface area contributed by atoms with Crippen LogP contribution in [0.3, 0.4) is 0 Å². The van der Waals surface area contributed by atoms with E-state index in [1.807, 2.05) is 0 Å². The summed E-state index contributed by atoms with van der Waals surface area (Å²) in [6.07, 6.45) is 3.69. The maximum atomic E-state index is 14.8. The molecule has 0 radical (unpaired) electrons. The SMILES string of the molecule is CNCC(=O)N[C@@H](CCCN=C(N)N)C(=O)N[C@H](C(=O)N[C@@H](Cc1ccc(O)cc1)C(=O)N[C@H](C(=O)N[C@@H](Cc1cnc[nH]1)C(=O)N1CCC[C@@H]1C(=O)N[C@H](C(=O)O)C(c1ccccc1)c1ccccc1)C(C)C)C(C)C. The number of nitrogens with zero attached hydrogens (tertiary/aromatic N) is 3. The minimum absolute atomic E-state index is 0.0445. The normalized spacial score (nSPS) is 15.5. The number of likely N-dealkylation sites (tertiary alicyclic amines) is 1. The summed E-state index contributed by atoms with van der Waals surface area (Å²) in [5.41, 5.74) is 13.2. The molecule has 1 aliphatic heterocycles. The molecule has 1 aliphatic rings. The van der Waals surface area contributed by atoms with Crippen LogP contribution in [0.4, 0.5) is 0 Å². The van der Waals surface area contributed by atoms with E-state index in [9.17, 15) is 48.6 Å². The maximum Gasteiger partial charge on any atom is 0.327 e. The monoisotopic (exact) mass is 1060 g/mol. The second-order valence-electron chi connectivity index (χ2n) is 19.6. The Kier molecular flexibility index (Phi) is 22.5. The third-order valence-electron chi connectivity index (χ3n) is 13.1. The molecule has 0 spiro atoms. The van der Waals surface area contributed by atoms with Crippen LogP contribution in [-0.4, -0.2) is 147 Å². The molecule has 7 amide bonds. The Bertz CT molecular complexity index is 2590. The minimum atomic E-state index is -1.42. The molecule has 7 atom stereocenters. The molecular weight excluding hydrogens is 991 g/mol. The number of aromatic nitrogens is 2. The Morgan fingerprint density at radius 3 is 1.81 bits per heavy atom. The average molecular weight is 1060 g/mol. The smallest absolute Gasteiger partial charge is 0.327 e. The minimum Gasteiger partial charge on any atom is -0.508 e. The summed E-state index contributed by atoms with van der Waals surface area (Å²) >= 11 is 0. The molecule has 0 unspecified atom stereocenters. The van der Waals surface area contributed by atoms with E-state index >= 15 is 0 Å². The molecule has 1 aromatic heterocycles. The van der Waals surface area contributed by atoms with Crippen molar-refractivity contribution in [3.63, 3.8) is 0 Å². The van der Waals surface area contributed by atoms with Crippen LogP contribution in [0.25, 0.3) is 0 Å². The summed E-state index contributed by atoms with van der Waals surface area (Å²) in [6, 6.07) is 15.0. The first-order valence-electron chi connectivity index (χ1n) is 25.7. The van der Waals surface area contributed by atoms with Gasteiger partial charge in [-0.15, -0.1) is 0 Å². The maximum absolute atomic E-state index is 14.8. The van der Waals surface area contributed by atoms with E-state index in [0.717, 1.165) is 0 Å².